The Morgan fingerprint density at radius 3 is 2.90 bits per heavy atom. The van der Waals surface area contributed by atoms with Gasteiger partial charge in [-0.05, 0) is 37.6 Å². The van der Waals surface area contributed by atoms with Crippen LogP contribution in [-0.2, 0) is 21.3 Å². The van der Waals surface area contributed by atoms with Crippen molar-refractivity contribution in [3.8, 4) is 0 Å². The Balaban J connectivity index is 2.32. The van der Waals surface area contributed by atoms with Gasteiger partial charge in [-0.1, -0.05) is 17.7 Å². The lowest BCUT2D eigenvalue weighted by Crippen LogP contribution is -2.42. The SMILES string of the molecule is CNCc1ccc(Cl)c(S(=O)(=O)N2CCCC(OC)C2)c1. The Kier molecular flexibility index (Phi) is 5.62. The van der Waals surface area contributed by atoms with Crippen molar-refractivity contribution in [3.63, 3.8) is 0 Å². The summed E-state index contributed by atoms with van der Waals surface area (Å²) >= 11 is 6.11. The Morgan fingerprint density at radius 1 is 1.48 bits per heavy atom. The van der Waals surface area contributed by atoms with Gasteiger partial charge in [0.1, 0.15) is 4.90 Å². The molecule has 1 aromatic carbocycles. The Bertz CT molecular complexity index is 592. The fraction of sp³-hybridized carbons (Fsp3) is 0.571. The van der Waals surface area contributed by atoms with Crippen molar-refractivity contribution in [2.75, 3.05) is 27.2 Å². The number of piperidine rings is 1. The van der Waals surface area contributed by atoms with Crippen LogP contribution < -0.4 is 5.32 Å². The molecular formula is C14H21ClN2O3S. The molecule has 1 aliphatic heterocycles. The lowest BCUT2D eigenvalue weighted by atomic mass is 10.1. The molecule has 5 nitrogen and oxygen atoms in total. The van der Waals surface area contributed by atoms with Crippen molar-refractivity contribution in [2.24, 2.45) is 0 Å². The van der Waals surface area contributed by atoms with E-state index in [9.17, 15) is 8.42 Å². The number of nitrogens with zero attached hydrogens (tertiary/aromatic N) is 1. The van der Waals surface area contributed by atoms with Gasteiger partial charge in [0.15, 0.2) is 0 Å². The summed E-state index contributed by atoms with van der Waals surface area (Å²) in [5.41, 5.74) is 0.890. The summed E-state index contributed by atoms with van der Waals surface area (Å²) in [5, 5.41) is 3.27. The summed E-state index contributed by atoms with van der Waals surface area (Å²) in [6.45, 7) is 1.49. The number of sulfonamides is 1. The van der Waals surface area contributed by atoms with Crippen molar-refractivity contribution in [2.45, 2.75) is 30.4 Å². The van der Waals surface area contributed by atoms with Gasteiger partial charge in [-0.25, -0.2) is 8.42 Å². The van der Waals surface area contributed by atoms with Gasteiger partial charge < -0.3 is 10.1 Å². The molecule has 0 bridgehead atoms. The summed E-state index contributed by atoms with van der Waals surface area (Å²) in [6, 6.07) is 5.11. The van der Waals surface area contributed by atoms with E-state index in [0.717, 1.165) is 18.4 Å². The molecule has 1 unspecified atom stereocenters. The minimum atomic E-state index is -3.58. The van der Waals surface area contributed by atoms with Crippen molar-refractivity contribution >= 4 is 21.6 Å². The van der Waals surface area contributed by atoms with Gasteiger partial charge in [0.2, 0.25) is 10.0 Å². The first kappa shape index (κ1) is 16.7. The maximum atomic E-state index is 12.8. The first-order valence-electron chi connectivity index (χ1n) is 6.95. The average Bonchev–Trinajstić information content (AvgIpc) is 2.49. The number of benzene rings is 1. The van der Waals surface area contributed by atoms with E-state index in [-0.39, 0.29) is 16.0 Å². The van der Waals surface area contributed by atoms with Crippen LogP contribution in [0.5, 0.6) is 0 Å². The highest BCUT2D eigenvalue weighted by Crippen LogP contribution is 2.28. The number of rotatable bonds is 5. The quantitative estimate of drug-likeness (QED) is 0.894. The largest absolute Gasteiger partial charge is 0.380 e. The van der Waals surface area contributed by atoms with E-state index in [1.165, 1.54) is 4.31 Å². The monoisotopic (exact) mass is 332 g/mol. The maximum Gasteiger partial charge on any atom is 0.244 e. The molecular weight excluding hydrogens is 312 g/mol. The van der Waals surface area contributed by atoms with Gasteiger partial charge >= 0.3 is 0 Å². The molecule has 0 saturated carbocycles. The molecule has 0 spiro atoms. The number of halogens is 1. The molecule has 1 aromatic rings. The second-order valence-corrected chi connectivity index (χ2v) is 7.47. The van der Waals surface area contributed by atoms with Crippen LogP contribution in [0.15, 0.2) is 23.1 Å². The minimum Gasteiger partial charge on any atom is -0.380 e. The molecule has 21 heavy (non-hydrogen) atoms. The summed E-state index contributed by atoms with van der Waals surface area (Å²) in [7, 11) is -0.154. The van der Waals surface area contributed by atoms with Gasteiger partial charge in [-0.2, -0.15) is 4.31 Å². The lowest BCUT2D eigenvalue weighted by Gasteiger charge is -2.31. The molecule has 1 N–H and O–H groups in total. The molecule has 1 aliphatic rings. The number of nitrogens with one attached hydrogen (secondary N) is 1. The van der Waals surface area contributed by atoms with Gasteiger partial charge in [0.05, 0.1) is 11.1 Å². The van der Waals surface area contributed by atoms with E-state index in [1.807, 2.05) is 13.1 Å². The molecule has 7 heteroatoms. The summed E-state index contributed by atoms with van der Waals surface area (Å²) in [6.07, 6.45) is 1.63. The van der Waals surface area contributed by atoms with Crippen LogP contribution in [0.25, 0.3) is 0 Å². The number of hydrogen-bond acceptors (Lipinski definition) is 4. The smallest absolute Gasteiger partial charge is 0.244 e. The number of hydrogen-bond donors (Lipinski definition) is 1. The van der Waals surface area contributed by atoms with Crippen molar-refractivity contribution in [1.82, 2.24) is 9.62 Å². The average molecular weight is 333 g/mol. The normalized spacial score (nSPS) is 20.6. The summed E-state index contributed by atoms with van der Waals surface area (Å²) in [5.74, 6) is 0. The molecule has 0 amide bonds. The zero-order chi connectivity index (χ0) is 15.5. The number of methoxy groups -OCH3 is 1. The summed E-state index contributed by atoms with van der Waals surface area (Å²) in [4.78, 5) is 0.175. The zero-order valence-electron chi connectivity index (χ0n) is 12.3. The van der Waals surface area contributed by atoms with Gasteiger partial charge in [-0.3, -0.25) is 0 Å². The van der Waals surface area contributed by atoms with Crippen LogP contribution >= 0.6 is 11.6 Å². The van der Waals surface area contributed by atoms with Crippen molar-refractivity contribution in [1.29, 1.82) is 0 Å². The first-order chi connectivity index (χ1) is 9.98. The van der Waals surface area contributed by atoms with E-state index in [4.69, 9.17) is 16.3 Å². The first-order valence-corrected chi connectivity index (χ1v) is 8.77. The van der Waals surface area contributed by atoms with Crippen LogP contribution in [0.3, 0.4) is 0 Å². The topological polar surface area (TPSA) is 58.6 Å². The fourth-order valence-corrected chi connectivity index (χ4v) is 4.55. The van der Waals surface area contributed by atoms with Gasteiger partial charge in [0, 0.05) is 26.7 Å². The van der Waals surface area contributed by atoms with E-state index < -0.39 is 10.0 Å². The summed E-state index contributed by atoms with van der Waals surface area (Å²) < 4.78 is 32.3. The van der Waals surface area contributed by atoms with E-state index >= 15 is 0 Å². The molecule has 1 atom stereocenters. The third-order valence-corrected chi connectivity index (χ3v) is 6.02. The van der Waals surface area contributed by atoms with Crippen molar-refractivity contribution in [3.05, 3.63) is 28.8 Å². The standard InChI is InChI=1S/C14H21ClN2O3S/c1-16-9-11-5-6-13(15)14(8-11)21(18,19)17-7-3-4-12(10-17)20-2/h5-6,8,12,16H,3-4,7,9-10H2,1-2H3. The van der Waals surface area contributed by atoms with Crippen LogP contribution in [0, 0.1) is 0 Å². The third kappa shape index (κ3) is 3.76. The molecule has 0 radical (unpaired) electrons. The Morgan fingerprint density at radius 2 is 2.24 bits per heavy atom. The molecule has 1 heterocycles. The van der Waals surface area contributed by atoms with E-state index in [2.05, 4.69) is 5.32 Å². The zero-order valence-corrected chi connectivity index (χ0v) is 13.9. The highest BCUT2D eigenvalue weighted by atomic mass is 35.5. The Labute approximate surface area is 131 Å². The second kappa shape index (κ2) is 7.07. The highest BCUT2D eigenvalue weighted by Gasteiger charge is 2.31. The van der Waals surface area contributed by atoms with Crippen LogP contribution in [0.1, 0.15) is 18.4 Å². The molecule has 1 saturated heterocycles. The molecule has 1 fully saturated rings. The fourth-order valence-electron chi connectivity index (χ4n) is 2.51. The molecule has 2 rings (SSSR count). The number of ether oxygens (including phenoxy) is 1. The minimum absolute atomic E-state index is 0.0483. The molecule has 118 valence electrons. The highest BCUT2D eigenvalue weighted by molar-refractivity contribution is 7.89. The van der Waals surface area contributed by atoms with Crippen LogP contribution in [0.4, 0.5) is 0 Å². The van der Waals surface area contributed by atoms with E-state index in [1.54, 1.807) is 19.2 Å². The lowest BCUT2D eigenvalue weighted by molar-refractivity contribution is 0.0572. The van der Waals surface area contributed by atoms with Crippen molar-refractivity contribution < 1.29 is 13.2 Å². The van der Waals surface area contributed by atoms with Gasteiger partial charge in [0.25, 0.3) is 0 Å². The van der Waals surface area contributed by atoms with Crippen LogP contribution in [-0.4, -0.2) is 46.1 Å². The Hall–Kier alpha value is -0.660. The third-order valence-electron chi connectivity index (χ3n) is 3.67. The predicted molar refractivity (Wildman–Crippen MR) is 83.0 cm³/mol. The van der Waals surface area contributed by atoms with Crippen LogP contribution in [0.2, 0.25) is 5.02 Å². The molecule has 0 aromatic heterocycles. The maximum absolute atomic E-state index is 12.8. The molecule has 0 aliphatic carbocycles. The predicted octanol–water partition coefficient (Wildman–Crippen LogP) is 1.86. The second-order valence-electron chi connectivity index (χ2n) is 5.16. The van der Waals surface area contributed by atoms with E-state index in [0.29, 0.717) is 19.6 Å². The van der Waals surface area contributed by atoms with Gasteiger partial charge in [-0.15, -0.1) is 0 Å².